The molecule has 0 saturated heterocycles. The third-order valence-corrected chi connectivity index (χ3v) is 4.06. The van der Waals surface area contributed by atoms with Crippen molar-refractivity contribution in [1.29, 1.82) is 0 Å². The fourth-order valence-electron chi connectivity index (χ4n) is 2.58. The fraction of sp³-hybridized carbons (Fsp3) is 0.737. The molecule has 4 N–H and O–H groups in total. The van der Waals surface area contributed by atoms with Crippen molar-refractivity contribution in [2.45, 2.75) is 65.3 Å². The van der Waals surface area contributed by atoms with Crippen LogP contribution in [0.4, 0.5) is 4.48 Å². The summed E-state index contributed by atoms with van der Waals surface area (Å²) in [4.78, 5) is 0. The normalized spacial score (nSPS) is 21.3. The fourth-order valence-corrected chi connectivity index (χ4v) is 2.58. The molecule has 0 atom stereocenters. The third kappa shape index (κ3) is 13.3. The predicted octanol–water partition coefficient (Wildman–Crippen LogP) is 3.90. The molecule has 4 nitrogen and oxygen atoms in total. The number of hydrogen-bond acceptors (Lipinski definition) is 4. The molecule has 0 spiro atoms. The van der Waals surface area contributed by atoms with Gasteiger partial charge in [0.2, 0.25) is 0 Å². The maximum atomic E-state index is 12.1. The Bertz CT molecular complexity index is 372. The molecule has 1 fully saturated rings. The van der Waals surface area contributed by atoms with Gasteiger partial charge in [-0.25, -0.2) is 0 Å². The number of unbranched alkanes of at least 4 members (excludes halogenated alkanes) is 1. The van der Waals surface area contributed by atoms with E-state index in [4.69, 9.17) is 5.73 Å². The monoisotopic (exact) mass is 340 g/mol. The van der Waals surface area contributed by atoms with Gasteiger partial charge in [0, 0.05) is 24.8 Å². The Balaban J connectivity index is 0.000000561. The van der Waals surface area contributed by atoms with Gasteiger partial charge in [-0.05, 0) is 64.5 Å². The molecule has 24 heavy (non-hydrogen) atoms. The molecule has 140 valence electrons. The van der Waals surface area contributed by atoms with E-state index in [0.717, 1.165) is 31.6 Å². The lowest BCUT2D eigenvalue weighted by atomic mass is 9.86. The minimum absolute atomic E-state index is 0.391. The second-order valence-corrected chi connectivity index (χ2v) is 6.55. The third-order valence-electron chi connectivity index (χ3n) is 4.06. The van der Waals surface area contributed by atoms with Crippen molar-refractivity contribution in [2.24, 2.45) is 16.9 Å². The maximum absolute atomic E-state index is 12.1. The summed E-state index contributed by atoms with van der Waals surface area (Å²) in [6.45, 7) is 12.2. The highest BCUT2D eigenvalue weighted by Gasteiger charge is 2.17. The molecule has 1 saturated carbocycles. The smallest absolute Gasteiger partial charge is 0.0868 e. The van der Waals surface area contributed by atoms with Crippen LogP contribution in [0.1, 0.15) is 59.3 Å². The van der Waals surface area contributed by atoms with Crippen molar-refractivity contribution >= 4 is 5.71 Å². The van der Waals surface area contributed by atoms with Crippen molar-refractivity contribution in [3.05, 3.63) is 24.4 Å². The molecular weight excluding hydrogens is 303 g/mol. The Morgan fingerprint density at radius 1 is 1.33 bits per heavy atom. The summed E-state index contributed by atoms with van der Waals surface area (Å²) >= 11 is 0. The molecule has 0 radical (unpaired) electrons. The van der Waals surface area contributed by atoms with Crippen molar-refractivity contribution < 1.29 is 4.48 Å². The minimum atomic E-state index is 0.391. The summed E-state index contributed by atoms with van der Waals surface area (Å²) in [5.74, 6) is 0.686. The predicted molar refractivity (Wildman–Crippen MR) is 104 cm³/mol. The highest BCUT2D eigenvalue weighted by atomic mass is 19.2. The van der Waals surface area contributed by atoms with Gasteiger partial charge in [0.15, 0.2) is 0 Å². The molecule has 1 rings (SSSR count). The van der Waals surface area contributed by atoms with Crippen LogP contribution in [0.15, 0.2) is 29.6 Å². The zero-order chi connectivity index (χ0) is 18.2. The lowest BCUT2D eigenvalue weighted by molar-refractivity contribution is 0.318. The quantitative estimate of drug-likeness (QED) is 0.440. The van der Waals surface area contributed by atoms with E-state index in [2.05, 4.69) is 29.4 Å². The molecule has 5 heteroatoms. The molecule has 0 aromatic rings. The zero-order valence-corrected chi connectivity index (χ0v) is 15.8. The standard InChI is InChI=1S/C12H22FN3.C7H15N/c1-2-3-12(16-13)9-15-8-10-4-6-11(14)7-5-10;1-4-5-6-8-7(2)3/h2-3,10-11,15H,4-9,14H2,1H3;8H,2,4-6H2,1,3H3/b3-2-,16-12-;. The number of allylic oxidation sites excluding steroid dienone is 2. The van der Waals surface area contributed by atoms with Gasteiger partial charge in [-0.1, -0.05) is 35.7 Å². The molecule has 1 aliphatic carbocycles. The van der Waals surface area contributed by atoms with Crippen LogP contribution in [0, 0.1) is 5.92 Å². The SMILES string of the molecule is C/C=C\C(CNCC1CCC(N)CC1)=N\F.C=C(C)NCCCC. The first-order chi connectivity index (χ1) is 11.5. The van der Waals surface area contributed by atoms with E-state index in [9.17, 15) is 4.48 Å². The summed E-state index contributed by atoms with van der Waals surface area (Å²) in [6, 6.07) is 0.391. The van der Waals surface area contributed by atoms with Gasteiger partial charge in [0.1, 0.15) is 0 Å². The number of hydrogen-bond donors (Lipinski definition) is 3. The van der Waals surface area contributed by atoms with Crippen LogP contribution >= 0.6 is 0 Å². The van der Waals surface area contributed by atoms with Gasteiger partial charge in [0.05, 0.1) is 5.71 Å². The first-order valence-corrected chi connectivity index (χ1v) is 9.19. The Labute approximate surface area is 147 Å². The summed E-state index contributed by atoms with van der Waals surface area (Å²) in [6.07, 6.45) is 10.6. The second kappa shape index (κ2) is 15.3. The number of nitrogens with zero attached hydrogens (tertiary/aromatic N) is 1. The van der Waals surface area contributed by atoms with E-state index in [-0.39, 0.29) is 0 Å². The Morgan fingerprint density at radius 3 is 2.50 bits per heavy atom. The molecule has 0 heterocycles. The first kappa shape index (κ1) is 22.8. The summed E-state index contributed by atoms with van der Waals surface area (Å²) in [5, 5.41) is 9.11. The molecule has 0 amide bonds. The molecule has 1 aliphatic rings. The van der Waals surface area contributed by atoms with E-state index in [0.29, 0.717) is 24.2 Å². The minimum Gasteiger partial charge on any atom is -0.389 e. The molecule has 0 unspecified atom stereocenters. The topological polar surface area (TPSA) is 62.4 Å². The number of nitrogens with one attached hydrogen (secondary N) is 2. The lowest BCUT2D eigenvalue weighted by Crippen LogP contribution is -2.33. The number of halogens is 1. The van der Waals surface area contributed by atoms with Gasteiger partial charge in [-0.3, -0.25) is 0 Å². The number of rotatable bonds is 9. The Kier molecular flexibility index (Phi) is 14.6. The lowest BCUT2D eigenvalue weighted by Gasteiger charge is -2.26. The first-order valence-electron chi connectivity index (χ1n) is 9.19. The highest BCUT2D eigenvalue weighted by Crippen LogP contribution is 2.22. The van der Waals surface area contributed by atoms with Crippen LogP contribution < -0.4 is 16.4 Å². The number of nitrogens with two attached hydrogens (primary N) is 1. The van der Waals surface area contributed by atoms with Crippen LogP contribution in [0.2, 0.25) is 0 Å². The van der Waals surface area contributed by atoms with Crippen LogP contribution in [0.5, 0.6) is 0 Å². The molecule has 0 aromatic heterocycles. The average Bonchev–Trinajstić information content (AvgIpc) is 2.56. The van der Waals surface area contributed by atoms with Gasteiger partial charge in [-0.2, -0.15) is 0 Å². The molecular formula is C19H37FN4. The Morgan fingerprint density at radius 2 is 2.00 bits per heavy atom. The maximum Gasteiger partial charge on any atom is 0.0868 e. The summed E-state index contributed by atoms with van der Waals surface area (Å²) < 4.78 is 12.1. The second-order valence-electron chi connectivity index (χ2n) is 6.55. The van der Waals surface area contributed by atoms with Crippen molar-refractivity contribution in [2.75, 3.05) is 19.6 Å². The van der Waals surface area contributed by atoms with E-state index >= 15 is 0 Å². The molecule has 0 aromatic carbocycles. The van der Waals surface area contributed by atoms with Gasteiger partial charge >= 0.3 is 0 Å². The van der Waals surface area contributed by atoms with Crippen molar-refractivity contribution in [3.63, 3.8) is 0 Å². The van der Waals surface area contributed by atoms with E-state index < -0.39 is 0 Å². The van der Waals surface area contributed by atoms with Gasteiger partial charge < -0.3 is 16.4 Å². The van der Waals surface area contributed by atoms with Gasteiger partial charge in [0.25, 0.3) is 0 Å². The van der Waals surface area contributed by atoms with Crippen LogP contribution in [-0.4, -0.2) is 31.4 Å². The van der Waals surface area contributed by atoms with Crippen LogP contribution in [0.3, 0.4) is 0 Å². The van der Waals surface area contributed by atoms with Crippen LogP contribution in [0.25, 0.3) is 0 Å². The van der Waals surface area contributed by atoms with E-state index in [1.165, 1.54) is 25.7 Å². The van der Waals surface area contributed by atoms with E-state index in [1.54, 1.807) is 12.2 Å². The van der Waals surface area contributed by atoms with Crippen LogP contribution in [-0.2, 0) is 0 Å². The largest absolute Gasteiger partial charge is 0.389 e. The summed E-state index contributed by atoms with van der Waals surface area (Å²) in [7, 11) is 0. The Hall–Kier alpha value is -1.20. The molecule has 0 aliphatic heterocycles. The summed E-state index contributed by atoms with van der Waals surface area (Å²) in [5.41, 5.74) is 7.36. The molecule has 0 bridgehead atoms. The van der Waals surface area contributed by atoms with Gasteiger partial charge in [-0.15, -0.1) is 0 Å². The van der Waals surface area contributed by atoms with Crippen molar-refractivity contribution in [3.8, 4) is 0 Å². The zero-order valence-electron chi connectivity index (χ0n) is 15.8. The average molecular weight is 341 g/mol. The van der Waals surface area contributed by atoms with Crippen molar-refractivity contribution in [1.82, 2.24) is 10.6 Å². The highest BCUT2D eigenvalue weighted by molar-refractivity contribution is 5.96. The van der Waals surface area contributed by atoms with E-state index in [1.807, 2.05) is 13.8 Å².